The van der Waals surface area contributed by atoms with Gasteiger partial charge >= 0.3 is 0 Å². The molecule has 3 heterocycles. The van der Waals surface area contributed by atoms with Crippen LogP contribution in [0.2, 0.25) is 10.0 Å². The van der Waals surface area contributed by atoms with Crippen LogP contribution in [0.25, 0.3) is 22.8 Å². The van der Waals surface area contributed by atoms with E-state index in [1.807, 2.05) is 18.2 Å². The molecule has 0 aliphatic carbocycles. The van der Waals surface area contributed by atoms with E-state index in [4.69, 9.17) is 41.2 Å². The molecule has 0 saturated carbocycles. The molecule has 0 saturated heterocycles. The first-order valence-electron chi connectivity index (χ1n) is 10.7. The number of hydrogen-bond acceptors (Lipinski definition) is 6. The molecule has 0 atom stereocenters. The van der Waals surface area contributed by atoms with Gasteiger partial charge in [-0.05, 0) is 86.0 Å². The van der Waals surface area contributed by atoms with Crippen molar-refractivity contribution < 1.29 is 18.0 Å². The molecule has 0 fully saturated rings. The molecule has 0 spiro atoms. The van der Waals surface area contributed by atoms with Gasteiger partial charge in [-0.15, -0.1) is 0 Å². The van der Waals surface area contributed by atoms with Gasteiger partial charge in [0.25, 0.3) is 0 Å². The smallest absolute Gasteiger partial charge is 0.238 e. The van der Waals surface area contributed by atoms with Crippen molar-refractivity contribution in [2.24, 2.45) is 4.99 Å². The number of furan rings is 3. The van der Waals surface area contributed by atoms with Crippen molar-refractivity contribution in [1.82, 2.24) is 0 Å². The van der Waals surface area contributed by atoms with Crippen LogP contribution in [-0.4, -0.2) is 6.21 Å². The Morgan fingerprint density at radius 1 is 0.973 bits per heavy atom. The van der Waals surface area contributed by atoms with E-state index in [0.29, 0.717) is 47.6 Å². The van der Waals surface area contributed by atoms with Crippen molar-refractivity contribution in [2.75, 3.05) is 0 Å². The summed E-state index contributed by atoms with van der Waals surface area (Å²) in [4.78, 5) is 4.46. The van der Waals surface area contributed by atoms with E-state index in [0.717, 1.165) is 11.1 Å². The topological polar surface area (TPSA) is 84.8 Å². The van der Waals surface area contributed by atoms with E-state index >= 15 is 0 Å². The first-order chi connectivity index (χ1) is 17.9. The molecule has 2 aromatic carbocycles. The standard InChI is InChI=1S/C27H14Br2Cl2N2O4/c28-19-9-15(10-20(29)25(19)36-14-16-5-6-17(30)11-21(16)31)13-33-27-18(12-32)24(22-3-1-7-34-22)26(37-27)23-4-2-8-35-23/h1-11,13H,14H2. The third kappa shape index (κ3) is 5.41. The quantitative estimate of drug-likeness (QED) is 0.162. The molecule has 0 aliphatic rings. The van der Waals surface area contributed by atoms with Gasteiger partial charge < -0.3 is 18.0 Å². The second-order valence-electron chi connectivity index (χ2n) is 7.65. The summed E-state index contributed by atoms with van der Waals surface area (Å²) in [7, 11) is 0. The van der Waals surface area contributed by atoms with E-state index in [1.54, 1.807) is 42.6 Å². The summed E-state index contributed by atoms with van der Waals surface area (Å²) in [5.74, 6) is 2.01. The lowest BCUT2D eigenvalue weighted by molar-refractivity contribution is 0.302. The van der Waals surface area contributed by atoms with E-state index in [1.165, 1.54) is 12.5 Å². The number of rotatable bonds is 7. The zero-order valence-corrected chi connectivity index (χ0v) is 23.4. The number of hydrogen-bond donors (Lipinski definition) is 0. The average Bonchev–Trinajstić information content (AvgIpc) is 3.63. The van der Waals surface area contributed by atoms with Crippen molar-refractivity contribution >= 4 is 67.2 Å². The normalized spacial score (nSPS) is 11.2. The molecule has 0 N–H and O–H groups in total. The molecule has 5 rings (SSSR count). The zero-order valence-electron chi connectivity index (χ0n) is 18.7. The highest BCUT2D eigenvalue weighted by Crippen LogP contribution is 2.43. The number of halogens is 4. The summed E-state index contributed by atoms with van der Waals surface area (Å²) in [5, 5.41) is 11.0. The summed E-state index contributed by atoms with van der Waals surface area (Å²) in [5.41, 5.74) is 2.24. The summed E-state index contributed by atoms with van der Waals surface area (Å²) >= 11 is 19.3. The van der Waals surface area contributed by atoms with Gasteiger partial charge in [0.15, 0.2) is 11.5 Å². The fraction of sp³-hybridized carbons (Fsp3) is 0.0370. The number of aliphatic imine (C=N–C) groups is 1. The lowest BCUT2D eigenvalue weighted by Crippen LogP contribution is -1.98. The first-order valence-corrected chi connectivity index (χ1v) is 13.0. The van der Waals surface area contributed by atoms with Gasteiger partial charge in [0, 0.05) is 21.8 Å². The van der Waals surface area contributed by atoms with Crippen LogP contribution >= 0.6 is 55.1 Å². The Balaban J connectivity index is 1.44. The Morgan fingerprint density at radius 3 is 2.30 bits per heavy atom. The van der Waals surface area contributed by atoms with Crippen molar-refractivity contribution in [3.8, 4) is 34.7 Å². The Labute approximate surface area is 238 Å². The zero-order chi connectivity index (χ0) is 25.9. The van der Waals surface area contributed by atoms with Crippen molar-refractivity contribution in [2.45, 2.75) is 6.61 Å². The molecule has 184 valence electrons. The molecule has 3 aromatic heterocycles. The Kier molecular flexibility index (Phi) is 7.58. The van der Waals surface area contributed by atoms with E-state index in [9.17, 15) is 5.26 Å². The van der Waals surface area contributed by atoms with E-state index in [2.05, 4.69) is 42.9 Å². The molecule has 0 bridgehead atoms. The molecule has 0 amide bonds. The van der Waals surface area contributed by atoms with Crippen molar-refractivity contribution in [3.05, 3.63) is 103 Å². The molecule has 6 nitrogen and oxygen atoms in total. The molecular formula is C27H14Br2Cl2N2O4. The molecule has 10 heteroatoms. The third-order valence-electron chi connectivity index (χ3n) is 5.25. The molecule has 5 aromatic rings. The molecule has 37 heavy (non-hydrogen) atoms. The molecule has 0 aliphatic heterocycles. The van der Waals surface area contributed by atoms with Crippen LogP contribution in [0.1, 0.15) is 16.7 Å². The highest BCUT2D eigenvalue weighted by molar-refractivity contribution is 9.11. The first kappa shape index (κ1) is 25.4. The highest BCUT2D eigenvalue weighted by Gasteiger charge is 2.26. The van der Waals surface area contributed by atoms with E-state index in [-0.39, 0.29) is 18.1 Å². The van der Waals surface area contributed by atoms with E-state index < -0.39 is 0 Å². The number of nitriles is 1. The second kappa shape index (κ2) is 11.0. The lowest BCUT2D eigenvalue weighted by atomic mass is 10.1. The third-order valence-corrected chi connectivity index (χ3v) is 7.02. The Morgan fingerprint density at radius 2 is 1.68 bits per heavy atom. The minimum Gasteiger partial charge on any atom is -0.486 e. The number of ether oxygens (including phenoxy) is 1. The summed E-state index contributed by atoms with van der Waals surface area (Å²) in [6.07, 6.45) is 4.64. The van der Waals surface area contributed by atoms with Gasteiger partial charge in [0.1, 0.15) is 29.7 Å². The predicted octanol–water partition coefficient (Wildman–Crippen LogP) is 9.83. The fourth-order valence-corrected chi connectivity index (χ4v) is 5.48. The van der Waals surface area contributed by atoms with Crippen LogP contribution < -0.4 is 4.74 Å². The van der Waals surface area contributed by atoms with Crippen LogP contribution in [0.3, 0.4) is 0 Å². The average molecular weight is 661 g/mol. The number of nitrogens with zero attached hydrogens (tertiary/aromatic N) is 2. The van der Waals surface area contributed by atoms with Gasteiger partial charge in [-0.1, -0.05) is 29.3 Å². The summed E-state index contributed by atoms with van der Waals surface area (Å²) < 4.78 is 24.4. The van der Waals surface area contributed by atoms with Crippen LogP contribution in [0.5, 0.6) is 5.75 Å². The van der Waals surface area contributed by atoms with Crippen LogP contribution in [0, 0.1) is 11.3 Å². The van der Waals surface area contributed by atoms with Gasteiger partial charge in [-0.25, -0.2) is 4.99 Å². The lowest BCUT2D eigenvalue weighted by Gasteiger charge is -2.12. The van der Waals surface area contributed by atoms with Crippen molar-refractivity contribution in [1.29, 1.82) is 5.26 Å². The van der Waals surface area contributed by atoms with Crippen LogP contribution in [0.15, 0.2) is 94.3 Å². The maximum atomic E-state index is 9.91. The maximum Gasteiger partial charge on any atom is 0.238 e. The number of benzene rings is 2. The molecule has 0 radical (unpaired) electrons. The van der Waals surface area contributed by atoms with Crippen LogP contribution in [0.4, 0.5) is 5.88 Å². The fourth-order valence-electron chi connectivity index (χ4n) is 3.56. The van der Waals surface area contributed by atoms with Gasteiger partial charge in [0.05, 0.1) is 27.0 Å². The summed E-state index contributed by atoms with van der Waals surface area (Å²) in [6, 6.07) is 18.0. The SMILES string of the molecule is N#Cc1c(N=Cc2cc(Br)c(OCc3ccc(Cl)cc3Cl)c(Br)c2)oc(-c2ccco2)c1-c1ccco1. The second-order valence-corrected chi connectivity index (χ2v) is 10.2. The van der Waals surface area contributed by atoms with Gasteiger partial charge in [0.2, 0.25) is 5.88 Å². The predicted molar refractivity (Wildman–Crippen MR) is 149 cm³/mol. The maximum absolute atomic E-state index is 9.91. The van der Waals surface area contributed by atoms with Gasteiger partial charge in [-0.3, -0.25) is 0 Å². The Bertz CT molecular complexity index is 1610. The van der Waals surface area contributed by atoms with Gasteiger partial charge in [-0.2, -0.15) is 5.26 Å². The minimum absolute atomic E-state index is 0.130. The minimum atomic E-state index is 0.130. The summed E-state index contributed by atoms with van der Waals surface area (Å²) in [6.45, 7) is 0.254. The van der Waals surface area contributed by atoms with Crippen LogP contribution in [-0.2, 0) is 6.61 Å². The largest absolute Gasteiger partial charge is 0.486 e. The molecule has 0 unspecified atom stereocenters. The highest BCUT2D eigenvalue weighted by atomic mass is 79.9. The molecular weight excluding hydrogens is 647 g/mol. The van der Waals surface area contributed by atoms with Crippen molar-refractivity contribution in [3.63, 3.8) is 0 Å². The monoisotopic (exact) mass is 658 g/mol. The Hall–Kier alpha value is -3.22.